The summed E-state index contributed by atoms with van der Waals surface area (Å²) in [6.07, 6.45) is 0. The minimum absolute atomic E-state index is 0. The molecular weight excluding hydrogens is 390 g/mol. The molecule has 0 aliphatic carbocycles. The van der Waals surface area contributed by atoms with E-state index in [4.69, 9.17) is 9.47 Å². The Bertz CT molecular complexity index is 449. The molecule has 0 spiro atoms. The van der Waals surface area contributed by atoms with Gasteiger partial charge in [-0.3, -0.25) is 0 Å². The molecule has 0 aromatic heterocycles. The molecule has 0 heterocycles. The summed E-state index contributed by atoms with van der Waals surface area (Å²) in [7, 11) is 0. The van der Waals surface area contributed by atoms with E-state index in [1.54, 1.807) is 13.8 Å². The molecule has 0 unspecified atom stereocenters. The molecule has 0 radical (unpaired) electrons. The maximum atomic E-state index is 11.6. The van der Waals surface area contributed by atoms with Crippen LogP contribution in [0.15, 0.2) is 16.6 Å². The van der Waals surface area contributed by atoms with Gasteiger partial charge in [-0.25, -0.2) is 4.79 Å². The third kappa shape index (κ3) is 9.34. The van der Waals surface area contributed by atoms with Crippen LogP contribution in [-0.4, -0.2) is 48.2 Å². The fourth-order valence-electron chi connectivity index (χ4n) is 1.17. The van der Waals surface area contributed by atoms with Gasteiger partial charge in [0, 0.05) is 0 Å². The second kappa shape index (κ2) is 15.5. The number of hydrogen-bond acceptors (Lipinski definition) is 4. The van der Waals surface area contributed by atoms with Crippen molar-refractivity contribution in [3.05, 3.63) is 33.8 Å². The molecule has 21 heavy (non-hydrogen) atoms. The van der Waals surface area contributed by atoms with Gasteiger partial charge in [0.15, 0.2) is 0 Å². The van der Waals surface area contributed by atoms with Crippen molar-refractivity contribution in [2.45, 2.75) is 13.8 Å². The zero-order chi connectivity index (χ0) is 12.8. The monoisotopic (exact) mass is 400 g/mol. The molecule has 0 N–H and O–H groups in total. The smallest absolute Gasteiger partial charge is 1.00 e. The molecule has 9 heteroatoms. The van der Waals surface area contributed by atoms with Crippen LogP contribution >= 0.6 is 15.9 Å². The Morgan fingerprint density at radius 3 is 2.10 bits per heavy atom. The minimum atomic E-state index is -0.509. The molecule has 0 bridgehead atoms. The zero-order valence-corrected chi connectivity index (χ0v) is 16.6. The summed E-state index contributed by atoms with van der Waals surface area (Å²) in [5, 5.41) is 0. The molecule has 1 aromatic rings. The molecule has 0 saturated heterocycles. The number of carbonyl (C=O) groups is 2. The van der Waals surface area contributed by atoms with Crippen LogP contribution in [0, 0.1) is 6.07 Å². The van der Waals surface area contributed by atoms with Gasteiger partial charge < -0.3 is 39.1 Å². The Morgan fingerprint density at radius 2 is 1.62 bits per heavy atom. The maximum absolute atomic E-state index is 11.6. The second-order valence-corrected chi connectivity index (χ2v) is 3.90. The van der Waals surface area contributed by atoms with Crippen molar-refractivity contribution in [1.82, 2.24) is 0 Å². The first-order valence-electron chi connectivity index (χ1n) is 5.15. The van der Waals surface area contributed by atoms with Crippen molar-refractivity contribution in [2.75, 3.05) is 13.2 Å². The van der Waals surface area contributed by atoms with Gasteiger partial charge in [-0.05, 0) is 23.9 Å². The Balaban J connectivity index is -0.000000361. The van der Waals surface area contributed by atoms with Gasteiger partial charge in [0.25, 0.3) is 0 Å². The van der Waals surface area contributed by atoms with Crippen molar-refractivity contribution in [3.8, 4) is 0 Å². The van der Waals surface area contributed by atoms with Gasteiger partial charge in [-0.2, -0.15) is 0 Å². The number of carbonyl (C=O) groups excluding carboxylic acids is 2. The van der Waals surface area contributed by atoms with Crippen LogP contribution in [0.3, 0.4) is 0 Å². The second-order valence-electron chi connectivity index (χ2n) is 3.05. The molecule has 0 atom stereocenters. The third-order valence-electron chi connectivity index (χ3n) is 1.89. The van der Waals surface area contributed by atoms with Gasteiger partial charge in [0.2, 0.25) is 5.97 Å². The first-order chi connectivity index (χ1) is 8.10. The van der Waals surface area contributed by atoms with E-state index in [1.807, 2.05) is 0 Å². The Kier molecular flexibility index (Phi) is 21.8. The van der Waals surface area contributed by atoms with Crippen molar-refractivity contribution in [3.63, 3.8) is 0 Å². The average Bonchev–Trinajstić information content (AvgIpc) is 2.30. The maximum Gasteiger partial charge on any atom is 2.00 e. The van der Waals surface area contributed by atoms with Gasteiger partial charge in [0.05, 0.1) is 13.2 Å². The van der Waals surface area contributed by atoms with E-state index in [1.165, 1.54) is 12.1 Å². The fourth-order valence-corrected chi connectivity index (χ4v) is 1.56. The summed E-state index contributed by atoms with van der Waals surface area (Å²) < 4.78 is 10.2. The minimum Gasteiger partial charge on any atom is -1.00 e. The van der Waals surface area contributed by atoms with Crippen LogP contribution in [0.1, 0.15) is 34.6 Å². The predicted octanol–water partition coefficient (Wildman–Crippen LogP) is -6.77. The van der Waals surface area contributed by atoms with E-state index < -0.39 is 11.9 Å². The van der Waals surface area contributed by atoms with Crippen LogP contribution in [0.4, 0.5) is 0 Å². The quantitative estimate of drug-likeness (QED) is 0.286. The number of benzene rings is 1. The van der Waals surface area contributed by atoms with Crippen LogP contribution in [-0.2, 0) is 9.47 Å². The molecule has 0 aliphatic heterocycles. The summed E-state index contributed by atoms with van der Waals surface area (Å²) in [4.78, 5) is 23.0. The molecule has 1 aromatic carbocycles. The van der Waals surface area contributed by atoms with Gasteiger partial charge in [-0.15, -0.1) is 34.1 Å². The summed E-state index contributed by atoms with van der Waals surface area (Å²) in [6.45, 7) is 3.98. The van der Waals surface area contributed by atoms with Crippen molar-refractivity contribution in [1.29, 1.82) is 0 Å². The van der Waals surface area contributed by atoms with Gasteiger partial charge in [0.1, 0.15) is 0 Å². The van der Waals surface area contributed by atoms with Gasteiger partial charge in [-0.1, -0.05) is 5.56 Å². The van der Waals surface area contributed by atoms with Crippen molar-refractivity contribution >= 4 is 50.9 Å². The molecule has 4 nitrogen and oxygen atoms in total. The van der Waals surface area contributed by atoms with Crippen LogP contribution in [0.5, 0.6) is 0 Å². The largest absolute Gasteiger partial charge is 2.00 e. The average molecular weight is 402 g/mol. The van der Waals surface area contributed by atoms with Crippen molar-refractivity contribution in [2.24, 2.45) is 0 Å². The first-order valence-corrected chi connectivity index (χ1v) is 5.94. The Morgan fingerprint density at radius 1 is 1.14 bits per heavy atom. The Labute approximate surface area is 173 Å². The van der Waals surface area contributed by atoms with E-state index in [0.29, 0.717) is 4.47 Å². The number of ether oxygens (including phenoxy) is 2. The van der Waals surface area contributed by atoms with E-state index in [0.717, 1.165) is 0 Å². The molecular formula is C12H12BrCl2LiMgO4. The summed E-state index contributed by atoms with van der Waals surface area (Å²) in [5.74, 6) is -0.996. The van der Waals surface area contributed by atoms with Gasteiger partial charge >= 0.3 is 47.9 Å². The third-order valence-corrected chi connectivity index (χ3v) is 2.55. The predicted molar refractivity (Wildman–Crippen MR) is 70.6 cm³/mol. The number of esters is 2. The summed E-state index contributed by atoms with van der Waals surface area (Å²) in [6, 6.07) is 5.63. The first kappa shape index (κ1) is 29.6. The normalized spacial score (nSPS) is 7.95. The topological polar surface area (TPSA) is 52.6 Å². The standard InChI is InChI=1S/C12H12BrO4.2ClH.Li.Mg/c1-3-16-11(14)8-5-6-10(13)9(7-8)12(15)17-4-2;;;;/h6-7H,3-4H2,1-2H3;2*1H;;/q-1;;;+1;+2/p-2. The van der Waals surface area contributed by atoms with Crippen molar-refractivity contribution < 1.29 is 62.7 Å². The van der Waals surface area contributed by atoms with E-state index >= 15 is 0 Å². The molecule has 0 amide bonds. The summed E-state index contributed by atoms with van der Waals surface area (Å²) in [5.41, 5.74) is 0.492. The van der Waals surface area contributed by atoms with Crippen LogP contribution < -0.4 is 43.7 Å². The summed E-state index contributed by atoms with van der Waals surface area (Å²) >= 11 is 3.20. The number of rotatable bonds is 4. The fraction of sp³-hybridized carbons (Fsp3) is 0.333. The SMILES string of the molecule is CCOC(=O)c1[c-]cc(Br)c(C(=O)OCC)c1.[Cl-].[Cl-].[Li+].[Mg+2]. The molecule has 0 aliphatic rings. The molecule has 1 rings (SSSR count). The van der Waals surface area contributed by atoms with E-state index in [9.17, 15) is 9.59 Å². The number of hydrogen-bond donors (Lipinski definition) is 0. The van der Waals surface area contributed by atoms with E-state index in [2.05, 4.69) is 22.0 Å². The van der Waals surface area contributed by atoms with Crippen LogP contribution in [0.25, 0.3) is 0 Å². The molecule has 108 valence electrons. The van der Waals surface area contributed by atoms with E-state index in [-0.39, 0.29) is 91.1 Å². The molecule has 0 fully saturated rings. The zero-order valence-electron chi connectivity index (χ0n) is 12.0. The Hall–Kier alpha value is 0.584. The van der Waals surface area contributed by atoms with Crippen LogP contribution in [0.2, 0.25) is 0 Å². The molecule has 0 saturated carbocycles. The number of halogens is 3.